The first-order valence-electron chi connectivity index (χ1n) is 7.92. The average Bonchev–Trinajstić information content (AvgIpc) is 2.56. The zero-order valence-electron chi connectivity index (χ0n) is 15.0. The molecule has 0 aliphatic carbocycles. The lowest BCUT2D eigenvalue weighted by Gasteiger charge is -2.15. The Bertz CT molecular complexity index is 521. The summed E-state index contributed by atoms with van der Waals surface area (Å²) in [5.74, 6) is 1.47. The van der Waals surface area contributed by atoms with Crippen LogP contribution in [0.2, 0.25) is 0 Å². The summed E-state index contributed by atoms with van der Waals surface area (Å²) < 4.78 is 5.22. The Morgan fingerprint density at radius 3 is 2.67 bits per heavy atom. The third-order valence-electron chi connectivity index (χ3n) is 3.28. The van der Waals surface area contributed by atoms with Crippen molar-refractivity contribution in [3.8, 4) is 5.75 Å². The van der Waals surface area contributed by atoms with Crippen LogP contribution in [-0.2, 0) is 11.3 Å². The zero-order valence-corrected chi connectivity index (χ0v) is 17.3. The maximum atomic E-state index is 11.7. The molecule has 136 valence electrons. The number of nitrogens with one attached hydrogen (secondary N) is 2. The van der Waals surface area contributed by atoms with Crippen molar-refractivity contribution in [2.24, 2.45) is 4.99 Å². The van der Waals surface area contributed by atoms with E-state index in [0.29, 0.717) is 12.5 Å². The molecule has 0 saturated carbocycles. The number of carbonyl (C=O) groups is 1. The van der Waals surface area contributed by atoms with Gasteiger partial charge in [-0.2, -0.15) is 0 Å². The standard InChI is InChI=1S/C17H28N4O2.HI/c1-5-6-10-18-17(20-13-16(22)21(2)3)19-12-14-8-7-9-15(11-14)23-4;/h7-9,11H,5-6,10,12-13H2,1-4H3,(H2,18,19,20);1H. The summed E-state index contributed by atoms with van der Waals surface area (Å²) in [6.07, 6.45) is 2.16. The molecule has 24 heavy (non-hydrogen) atoms. The molecule has 0 spiro atoms. The van der Waals surface area contributed by atoms with Gasteiger partial charge in [0, 0.05) is 20.6 Å². The van der Waals surface area contributed by atoms with Gasteiger partial charge in [0.05, 0.1) is 20.2 Å². The molecule has 0 aromatic heterocycles. The molecule has 1 rings (SSSR count). The van der Waals surface area contributed by atoms with Gasteiger partial charge >= 0.3 is 0 Å². The summed E-state index contributed by atoms with van der Waals surface area (Å²) in [4.78, 5) is 17.8. The first kappa shape index (κ1) is 22.5. The smallest absolute Gasteiger partial charge is 0.241 e. The normalized spacial score (nSPS) is 10.6. The molecule has 0 heterocycles. The summed E-state index contributed by atoms with van der Waals surface area (Å²) in [5, 5.41) is 6.33. The van der Waals surface area contributed by atoms with E-state index in [0.717, 1.165) is 30.7 Å². The van der Waals surface area contributed by atoms with Crippen molar-refractivity contribution in [3.05, 3.63) is 29.8 Å². The molecule has 0 atom stereocenters. The van der Waals surface area contributed by atoms with Crippen LogP contribution < -0.4 is 15.4 Å². The van der Waals surface area contributed by atoms with Gasteiger partial charge in [0.1, 0.15) is 5.75 Å². The second kappa shape index (κ2) is 12.9. The second-order valence-electron chi connectivity index (χ2n) is 5.44. The summed E-state index contributed by atoms with van der Waals surface area (Å²) >= 11 is 0. The molecular formula is C17H29IN4O2. The van der Waals surface area contributed by atoms with Gasteiger partial charge in [-0.15, -0.1) is 24.0 Å². The molecule has 0 unspecified atom stereocenters. The van der Waals surface area contributed by atoms with Crippen LogP contribution in [0.3, 0.4) is 0 Å². The van der Waals surface area contributed by atoms with Gasteiger partial charge in [0.25, 0.3) is 0 Å². The first-order chi connectivity index (χ1) is 11.1. The first-order valence-corrected chi connectivity index (χ1v) is 7.92. The van der Waals surface area contributed by atoms with Crippen molar-refractivity contribution < 1.29 is 9.53 Å². The highest BCUT2D eigenvalue weighted by atomic mass is 127. The Morgan fingerprint density at radius 2 is 2.04 bits per heavy atom. The minimum atomic E-state index is 0. The second-order valence-corrected chi connectivity index (χ2v) is 5.44. The quantitative estimate of drug-likeness (QED) is 0.277. The van der Waals surface area contributed by atoms with Gasteiger partial charge in [0.15, 0.2) is 5.96 Å². The van der Waals surface area contributed by atoms with Crippen LogP contribution in [0, 0.1) is 0 Å². The van der Waals surface area contributed by atoms with E-state index in [1.165, 1.54) is 0 Å². The maximum Gasteiger partial charge on any atom is 0.241 e. The molecular weight excluding hydrogens is 419 g/mol. The van der Waals surface area contributed by atoms with Crippen LogP contribution in [0.25, 0.3) is 0 Å². The summed E-state index contributed by atoms with van der Waals surface area (Å²) in [5.41, 5.74) is 1.06. The number of nitrogens with zero attached hydrogens (tertiary/aromatic N) is 2. The van der Waals surface area contributed by atoms with Gasteiger partial charge in [-0.3, -0.25) is 4.79 Å². The highest BCUT2D eigenvalue weighted by molar-refractivity contribution is 14.0. The predicted octanol–water partition coefficient (Wildman–Crippen LogP) is 2.24. The minimum absolute atomic E-state index is 0. The number of hydrogen-bond donors (Lipinski definition) is 2. The minimum Gasteiger partial charge on any atom is -0.497 e. The number of halogens is 1. The Labute approximate surface area is 162 Å². The highest BCUT2D eigenvalue weighted by Crippen LogP contribution is 2.13. The van der Waals surface area contributed by atoms with E-state index < -0.39 is 0 Å². The summed E-state index contributed by atoms with van der Waals surface area (Å²) in [6, 6.07) is 7.80. The number of guanidine groups is 1. The lowest BCUT2D eigenvalue weighted by molar-refractivity contribution is -0.127. The van der Waals surface area contributed by atoms with E-state index in [-0.39, 0.29) is 36.4 Å². The number of methoxy groups -OCH3 is 1. The van der Waals surface area contributed by atoms with Gasteiger partial charge in [-0.05, 0) is 24.1 Å². The Kier molecular flexibility index (Phi) is 12.0. The number of hydrogen-bond acceptors (Lipinski definition) is 3. The SMILES string of the molecule is CCCCNC(=NCc1cccc(OC)c1)NCC(=O)N(C)C.I. The molecule has 1 amide bonds. The molecule has 6 nitrogen and oxygen atoms in total. The number of amides is 1. The van der Waals surface area contributed by atoms with Crippen LogP contribution in [0.5, 0.6) is 5.75 Å². The predicted molar refractivity (Wildman–Crippen MR) is 109 cm³/mol. The van der Waals surface area contributed by atoms with E-state index in [9.17, 15) is 4.79 Å². The lowest BCUT2D eigenvalue weighted by atomic mass is 10.2. The average molecular weight is 448 g/mol. The molecule has 0 aliphatic heterocycles. The number of aliphatic imine (C=N–C) groups is 1. The summed E-state index contributed by atoms with van der Waals surface area (Å²) in [6.45, 7) is 3.71. The molecule has 0 fully saturated rings. The van der Waals surface area contributed by atoms with Gasteiger partial charge in [-0.25, -0.2) is 4.99 Å². The maximum absolute atomic E-state index is 11.7. The molecule has 0 aliphatic rings. The Balaban J connectivity index is 0.00000529. The molecule has 0 radical (unpaired) electrons. The van der Waals surface area contributed by atoms with Crippen molar-refractivity contribution in [3.63, 3.8) is 0 Å². The zero-order chi connectivity index (χ0) is 17.1. The van der Waals surface area contributed by atoms with Crippen LogP contribution >= 0.6 is 24.0 Å². The van der Waals surface area contributed by atoms with E-state index in [1.54, 1.807) is 26.1 Å². The number of rotatable bonds is 8. The Hall–Kier alpha value is -1.51. The van der Waals surface area contributed by atoms with E-state index >= 15 is 0 Å². The van der Waals surface area contributed by atoms with Crippen LogP contribution in [-0.4, -0.2) is 51.1 Å². The highest BCUT2D eigenvalue weighted by Gasteiger charge is 2.05. The van der Waals surface area contributed by atoms with Crippen LogP contribution in [0.1, 0.15) is 25.3 Å². The third kappa shape index (κ3) is 8.95. The van der Waals surface area contributed by atoms with Gasteiger partial charge in [-0.1, -0.05) is 25.5 Å². The molecule has 2 N–H and O–H groups in total. The van der Waals surface area contributed by atoms with Crippen molar-refractivity contribution in [1.29, 1.82) is 0 Å². The molecule has 1 aromatic carbocycles. The fraction of sp³-hybridized carbons (Fsp3) is 0.529. The molecule has 7 heteroatoms. The Morgan fingerprint density at radius 1 is 1.29 bits per heavy atom. The van der Waals surface area contributed by atoms with Crippen molar-refractivity contribution >= 4 is 35.8 Å². The van der Waals surface area contributed by atoms with Gasteiger partial charge in [0.2, 0.25) is 5.91 Å². The largest absolute Gasteiger partial charge is 0.497 e. The molecule has 1 aromatic rings. The number of ether oxygens (including phenoxy) is 1. The number of likely N-dealkylation sites (N-methyl/N-ethyl adjacent to an activating group) is 1. The van der Waals surface area contributed by atoms with Gasteiger partial charge < -0.3 is 20.3 Å². The fourth-order valence-electron chi connectivity index (χ4n) is 1.82. The monoisotopic (exact) mass is 448 g/mol. The van der Waals surface area contributed by atoms with Crippen molar-refractivity contribution in [1.82, 2.24) is 15.5 Å². The summed E-state index contributed by atoms with van der Waals surface area (Å²) in [7, 11) is 5.12. The van der Waals surface area contributed by atoms with E-state index in [1.807, 2.05) is 24.3 Å². The van der Waals surface area contributed by atoms with Crippen LogP contribution in [0.15, 0.2) is 29.3 Å². The van der Waals surface area contributed by atoms with Crippen LogP contribution in [0.4, 0.5) is 0 Å². The fourth-order valence-corrected chi connectivity index (χ4v) is 1.82. The third-order valence-corrected chi connectivity index (χ3v) is 3.28. The van der Waals surface area contributed by atoms with Crippen molar-refractivity contribution in [2.45, 2.75) is 26.3 Å². The number of unbranched alkanes of at least 4 members (excludes halogenated alkanes) is 1. The number of carbonyl (C=O) groups excluding carboxylic acids is 1. The topological polar surface area (TPSA) is 66.0 Å². The molecule has 0 bridgehead atoms. The molecule has 0 saturated heterocycles. The number of benzene rings is 1. The lowest BCUT2D eigenvalue weighted by Crippen LogP contribution is -2.43. The van der Waals surface area contributed by atoms with E-state index in [2.05, 4.69) is 22.5 Å². The van der Waals surface area contributed by atoms with E-state index in [4.69, 9.17) is 4.74 Å². The van der Waals surface area contributed by atoms with Crippen molar-refractivity contribution in [2.75, 3.05) is 34.3 Å².